The smallest absolute Gasteiger partial charge is 0.247 e. The van der Waals surface area contributed by atoms with Crippen molar-refractivity contribution in [3.63, 3.8) is 0 Å². The number of hydrogen-bond acceptors (Lipinski definition) is 5. The van der Waals surface area contributed by atoms with Gasteiger partial charge in [0, 0.05) is 26.2 Å². The Bertz CT molecular complexity index is 771. The molecule has 0 aromatic carbocycles. The van der Waals surface area contributed by atoms with E-state index in [1.807, 2.05) is 9.44 Å². The normalized spacial score (nSPS) is 27.5. The fourth-order valence-electron chi connectivity index (χ4n) is 6.04. The second-order valence-corrected chi connectivity index (χ2v) is 13.1. The Balaban J connectivity index is 1.29. The van der Waals surface area contributed by atoms with Gasteiger partial charge in [0.15, 0.2) is 0 Å². The lowest BCUT2D eigenvalue weighted by atomic mass is 9.78. The van der Waals surface area contributed by atoms with Crippen molar-refractivity contribution in [1.82, 2.24) is 18.1 Å². The molecule has 11 heteroatoms. The number of rotatable bonds is 4. The van der Waals surface area contributed by atoms with Crippen molar-refractivity contribution in [3.05, 3.63) is 0 Å². The lowest BCUT2D eigenvalue weighted by molar-refractivity contribution is 0.159. The van der Waals surface area contributed by atoms with E-state index in [1.165, 1.54) is 34.3 Å². The summed E-state index contributed by atoms with van der Waals surface area (Å²) in [5, 5.41) is 0. The summed E-state index contributed by atoms with van der Waals surface area (Å²) in [7, 11) is -8.12. The van der Waals surface area contributed by atoms with E-state index in [-0.39, 0.29) is 10.8 Å². The Labute approximate surface area is 180 Å². The summed E-state index contributed by atoms with van der Waals surface area (Å²) in [6, 6.07) is -1.21. The number of urea groups is 1. The molecule has 4 rings (SSSR count). The molecule has 2 aliphatic carbocycles. The SMILES string of the molecule is O=C(NS(=O)(=O)N1CCC2(CCCC2)CC1)NS(=O)(=O)N1CCC2(CCCC2)CC1. The topological polar surface area (TPSA) is 116 Å². The Morgan fingerprint density at radius 3 is 1.17 bits per heavy atom. The molecule has 30 heavy (non-hydrogen) atoms. The number of amides is 2. The Kier molecular flexibility index (Phi) is 6.10. The average molecular weight is 463 g/mol. The molecule has 172 valence electrons. The molecule has 0 aromatic heterocycles. The van der Waals surface area contributed by atoms with E-state index in [0.717, 1.165) is 51.4 Å². The highest BCUT2D eigenvalue weighted by molar-refractivity contribution is 7.89. The summed E-state index contributed by atoms with van der Waals surface area (Å²) in [4.78, 5) is 12.2. The van der Waals surface area contributed by atoms with E-state index in [9.17, 15) is 21.6 Å². The number of carbonyl (C=O) groups excluding carboxylic acids is 1. The minimum atomic E-state index is -4.06. The third-order valence-corrected chi connectivity index (χ3v) is 11.0. The maximum absolute atomic E-state index is 12.6. The lowest BCUT2D eigenvalue weighted by Gasteiger charge is -2.39. The maximum atomic E-state index is 12.6. The van der Waals surface area contributed by atoms with Crippen LogP contribution in [-0.4, -0.2) is 57.7 Å². The molecule has 0 radical (unpaired) electrons. The lowest BCUT2D eigenvalue weighted by Crippen LogP contribution is -2.54. The minimum absolute atomic E-state index is 0.253. The van der Waals surface area contributed by atoms with E-state index in [2.05, 4.69) is 0 Å². The molecule has 0 unspecified atom stereocenters. The predicted molar refractivity (Wildman–Crippen MR) is 113 cm³/mol. The van der Waals surface area contributed by atoms with Crippen molar-refractivity contribution < 1.29 is 21.6 Å². The van der Waals surface area contributed by atoms with Gasteiger partial charge in [-0.05, 0) is 62.2 Å². The zero-order chi connectivity index (χ0) is 21.5. The van der Waals surface area contributed by atoms with E-state index in [0.29, 0.717) is 26.2 Å². The van der Waals surface area contributed by atoms with Gasteiger partial charge in [0.1, 0.15) is 0 Å². The first-order valence-electron chi connectivity index (χ1n) is 11.2. The maximum Gasteiger partial charge on any atom is 0.344 e. The molecule has 2 heterocycles. The zero-order valence-electron chi connectivity index (χ0n) is 17.6. The molecule has 2 aliphatic heterocycles. The minimum Gasteiger partial charge on any atom is -0.247 e. The van der Waals surface area contributed by atoms with Crippen molar-refractivity contribution in [2.45, 2.75) is 77.0 Å². The number of nitrogens with zero attached hydrogens (tertiary/aromatic N) is 2. The van der Waals surface area contributed by atoms with Crippen LogP contribution in [-0.2, 0) is 20.4 Å². The fourth-order valence-corrected chi connectivity index (χ4v) is 8.26. The quantitative estimate of drug-likeness (QED) is 0.664. The second kappa shape index (κ2) is 8.22. The van der Waals surface area contributed by atoms with Crippen molar-refractivity contribution in [1.29, 1.82) is 0 Å². The van der Waals surface area contributed by atoms with Crippen molar-refractivity contribution >= 4 is 26.4 Å². The molecule has 9 nitrogen and oxygen atoms in total. The van der Waals surface area contributed by atoms with Gasteiger partial charge in [0.25, 0.3) is 0 Å². The van der Waals surface area contributed by atoms with Gasteiger partial charge < -0.3 is 0 Å². The second-order valence-electron chi connectivity index (χ2n) is 9.76. The summed E-state index contributed by atoms with van der Waals surface area (Å²) in [6.07, 6.45) is 12.5. The zero-order valence-corrected chi connectivity index (χ0v) is 19.2. The molecule has 2 amide bonds. The van der Waals surface area contributed by atoms with E-state index in [1.54, 1.807) is 0 Å². The van der Waals surface area contributed by atoms with Crippen molar-refractivity contribution in [2.75, 3.05) is 26.2 Å². The molecule has 2 saturated heterocycles. The molecular formula is C19H34N4O5S2. The van der Waals surface area contributed by atoms with Gasteiger partial charge in [-0.1, -0.05) is 25.7 Å². The molecule has 4 aliphatic rings. The Morgan fingerprint density at radius 2 is 0.867 bits per heavy atom. The van der Waals surface area contributed by atoms with Crippen LogP contribution >= 0.6 is 0 Å². The summed E-state index contributed by atoms with van der Waals surface area (Å²) < 4.78 is 56.6. The van der Waals surface area contributed by atoms with Gasteiger partial charge in [-0.15, -0.1) is 0 Å². The molecule has 0 atom stereocenters. The molecule has 2 saturated carbocycles. The van der Waals surface area contributed by atoms with Crippen LogP contribution < -0.4 is 9.44 Å². The summed E-state index contributed by atoms with van der Waals surface area (Å²) >= 11 is 0. The fraction of sp³-hybridized carbons (Fsp3) is 0.947. The first-order valence-corrected chi connectivity index (χ1v) is 14.1. The van der Waals surface area contributed by atoms with Crippen LogP contribution in [0.25, 0.3) is 0 Å². The van der Waals surface area contributed by atoms with Crippen LogP contribution in [0.4, 0.5) is 4.79 Å². The van der Waals surface area contributed by atoms with Gasteiger partial charge >= 0.3 is 26.4 Å². The van der Waals surface area contributed by atoms with Crippen LogP contribution in [0.15, 0.2) is 0 Å². The molecule has 4 fully saturated rings. The molecule has 2 spiro atoms. The Hall–Kier alpha value is -0.910. The number of hydrogen-bond donors (Lipinski definition) is 2. The largest absolute Gasteiger partial charge is 0.344 e. The van der Waals surface area contributed by atoms with Gasteiger partial charge in [0.05, 0.1) is 0 Å². The summed E-state index contributed by atoms with van der Waals surface area (Å²) in [5.74, 6) is 0. The Morgan fingerprint density at radius 1 is 0.567 bits per heavy atom. The van der Waals surface area contributed by atoms with E-state index < -0.39 is 26.4 Å². The summed E-state index contributed by atoms with van der Waals surface area (Å²) in [6.45, 7) is 1.46. The average Bonchev–Trinajstić information content (AvgIpc) is 3.32. The summed E-state index contributed by atoms with van der Waals surface area (Å²) in [5.41, 5.74) is 0.505. The van der Waals surface area contributed by atoms with Crippen LogP contribution in [0, 0.1) is 10.8 Å². The first kappa shape index (κ1) is 22.3. The van der Waals surface area contributed by atoms with Crippen LogP contribution in [0.5, 0.6) is 0 Å². The predicted octanol–water partition coefficient (Wildman–Crippen LogP) is 2.09. The van der Waals surface area contributed by atoms with Gasteiger partial charge in [-0.3, -0.25) is 0 Å². The van der Waals surface area contributed by atoms with Gasteiger partial charge in [0.2, 0.25) is 0 Å². The number of nitrogens with one attached hydrogen (secondary N) is 2. The third-order valence-electron chi connectivity index (χ3n) is 8.02. The molecule has 0 bridgehead atoms. The number of piperidine rings is 2. The van der Waals surface area contributed by atoms with E-state index in [4.69, 9.17) is 0 Å². The third kappa shape index (κ3) is 4.63. The monoisotopic (exact) mass is 462 g/mol. The van der Waals surface area contributed by atoms with Gasteiger partial charge in [-0.2, -0.15) is 25.4 Å². The van der Waals surface area contributed by atoms with Crippen molar-refractivity contribution in [2.24, 2.45) is 10.8 Å². The van der Waals surface area contributed by atoms with E-state index >= 15 is 0 Å². The number of carbonyl (C=O) groups is 1. The molecule has 2 N–H and O–H groups in total. The highest BCUT2D eigenvalue weighted by atomic mass is 32.2. The highest BCUT2D eigenvalue weighted by Crippen LogP contribution is 2.47. The molecular weight excluding hydrogens is 428 g/mol. The van der Waals surface area contributed by atoms with Crippen molar-refractivity contribution in [3.8, 4) is 0 Å². The van der Waals surface area contributed by atoms with Crippen LogP contribution in [0.3, 0.4) is 0 Å². The van der Waals surface area contributed by atoms with Gasteiger partial charge in [-0.25, -0.2) is 14.2 Å². The van der Waals surface area contributed by atoms with Crippen LogP contribution in [0.2, 0.25) is 0 Å². The molecule has 0 aromatic rings. The standard InChI is InChI=1S/C19H34N4O5S2/c24-17(20-29(25,26)22-13-9-18(10-14-22)5-1-2-6-18)21-30(27,28)23-15-11-19(12-16-23)7-3-4-8-19/h1-16H2,(H2,20,21,24). The first-order chi connectivity index (χ1) is 14.1. The van der Waals surface area contributed by atoms with Crippen LogP contribution in [0.1, 0.15) is 77.0 Å². The highest BCUT2D eigenvalue weighted by Gasteiger charge is 2.42.